The third-order valence-electron chi connectivity index (χ3n) is 8.86. The van der Waals surface area contributed by atoms with Crippen LogP contribution in [-0.2, 0) is 19.1 Å². The fourth-order valence-electron chi connectivity index (χ4n) is 7.58. The molecule has 0 heterocycles. The Morgan fingerprint density at radius 3 is 2.63 bits per heavy atom. The maximum absolute atomic E-state index is 12.5. The monoisotopic (exact) mass is 371 g/mol. The van der Waals surface area contributed by atoms with Crippen LogP contribution in [0.25, 0.3) is 0 Å². The van der Waals surface area contributed by atoms with E-state index in [1.165, 1.54) is 6.92 Å². The van der Waals surface area contributed by atoms with Crippen LogP contribution in [0.4, 0.5) is 0 Å². The topological polar surface area (TPSA) is 84.2 Å². The summed E-state index contributed by atoms with van der Waals surface area (Å²) in [5.74, 6) is 0.886. The number of esters is 1. The Labute approximate surface area is 160 Å². The van der Waals surface area contributed by atoms with Crippen LogP contribution in [0.1, 0.15) is 71.6 Å². The molecule has 0 radical (unpaired) electrons. The lowest BCUT2D eigenvalue weighted by atomic mass is 9.40. The molecule has 7 unspecified atom stereocenters. The Bertz CT molecular complexity index is 726. The molecule has 5 heteroatoms. The maximum Gasteiger partial charge on any atom is 0.302 e. The van der Waals surface area contributed by atoms with Gasteiger partial charge in [-0.25, -0.2) is 0 Å². The average molecular weight is 371 g/mol. The van der Waals surface area contributed by atoms with Crippen molar-refractivity contribution in [1.29, 1.82) is 5.26 Å². The number of nitrogens with zero attached hydrogens (tertiary/aromatic N) is 1. The molecular weight excluding hydrogens is 342 g/mol. The number of aldehydes is 1. The van der Waals surface area contributed by atoms with Crippen LogP contribution >= 0.6 is 0 Å². The smallest absolute Gasteiger partial charge is 0.302 e. The average Bonchev–Trinajstić information content (AvgIpc) is 2.97. The zero-order valence-electron chi connectivity index (χ0n) is 16.3. The molecule has 0 aromatic heterocycles. The predicted molar refractivity (Wildman–Crippen MR) is 97.2 cm³/mol. The van der Waals surface area contributed by atoms with Crippen LogP contribution in [-0.4, -0.2) is 24.1 Å². The zero-order valence-corrected chi connectivity index (χ0v) is 16.3. The SMILES string of the molecule is CC(=O)OC1CCC2C3CCC4(C#N)CC(=O)CCC4(C=O)C3CCC12C. The van der Waals surface area contributed by atoms with Crippen molar-refractivity contribution in [2.24, 2.45) is 34.0 Å². The van der Waals surface area contributed by atoms with Gasteiger partial charge in [0.15, 0.2) is 0 Å². The minimum absolute atomic E-state index is 0.0337. The largest absolute Gasteiger partial charge is 0.462 e. The van der Waals surface area contributed by atoms with E-state index in [-0.39, 0.29) is 35.6 Å². The summed E-state index contributed by atoms with van der Waals surface area (Å²) in [6, 6.07) is 2.46. The maximum atomic E-state index is 12.5. The lowest BCUT2D eigenvalue weighted by molar-refractivity contribution is -0.171. The molecule has 4 fully saturated rings. The van der Waals surface area contributed by atoms with Crippen molar-refractivity contribution < 1.29 is 19.1 Å². The van der Waals surface area contributed by atoms with Crippen molar-refractivity contribution in [1.82, 2.24) is 0 Å². The molecule has 27 heavy (non-hydrogen) atoms. The third-order valence-corrected chi connectivity index (χ3v) is 8.86. The second-order valence-electron chi connectivity index (χ2n) is 9.70. The van der Waals surface area contributed by atoms with Gasteiger partial charge in [0.25, 0.3) is 0 Å². The van der Waals surface area contributed by atoms with E-state index in [1.807, 2.05) is 0 Å². The second kappa shape index (κ2) is 6.15. The molecule has 0 spiro atoms. The Balaban J connectivity index is 1.69. The zero-order chi connectivity index (χ0) is 19.4. The number of rotatable bonds is 2. The summed E-state index contributed by atoms with van der Waals surface area (Å²) in [6.45, 7) is 3.73. The van der Waals surface area contributed by atoms with E-state index in [2.05, 4.69) is 13.0 Å². The molecule has 4 saturated carbocycles. The molecule has 0 aromatic rings. The highest BCUT2D eigenvalue weighted by molar-refractivity contribution is 5.83. The molecule has 0 bridgehead atoms. The fourth-order valence-corrected chi connectivity index (χ4v) is 7.58. The summed E-state index contributed by atoms with van der Waals surface area (Å²) in [7, 11) is 0. The molecule has 146 valence electrons. The number of ketones is 1. The van der Waals surface area contributed by atoms with Gasteiger partial charge in [0.2, 0.25) is 0 Å². The quantitative estimate of drug-likeness (QED) is 0.547. The Hall–Kier alpha value is -1.70. The van der Waals surface area contributed by atoms with Crippen molar-refractivity contribution in [2.45, 2.75) is 77.7 Å². The van der Waals surface area contributed by atoms with E-state index in [4.69, 9.17) is 4.74 Å². The highest BCUT2D eigenvalue weighted by Gasteiger charge is 2.67. The predicted octanol–water partition coefficient (Wildman–Crippen LogP) is 3.60. The van der Waals surface area contributed by atoms with Crippen LogP contribution in [0.5, 0.6) is 0 Å². The molecule has 0 amide bonds. The van der Waals surface area contributed by atoms with Gasteiger partial charge in [0, 0.05) is 30.6 Å². The number of carbonyl (C=O) groups is 3. The first-order chi connectivity index (χ1) is 12.8. The van der Waals surface area contributed by atoms with Crippen LogP contribution < -0.4 is 0 Å². The normalized spacial score (nSPS) is 48.6. The minimum Gasteiger partial charge on any atom is -0.462 e. The van der Waals surface area contributed by atoms with E-state index >= 15 is 0 Å². The number of fused-ring (bicyclic) bond motifs is 5. The summed E-state index contributed by atoms with van der Waals surface area (Å²) >= 11 is 0. The standard InChI is InChI=1S/C22H29NO4/c1-14(25)27-19-4-3-17-16-6-9-21(12-23)11-15(26)5-10-22(21,13-24)18(16)7-8-20(17,19)2/h13,16-19H,3-11H2,1-2H3. The number of nitriles is 1. The summed E-state index contributed by atoms with van der Waals surface area (Å²) in [4.78, 5) is 36.2. The molecule has 4 aliphatic carbocycles. The summed E-state index contributed by atoms with van der Waals surface area (Å²) in [6.07, 6.45) is 7.45. The van der Waals surface area contributed by atoms with Crippen molar-refractivity contribution in [3.8, 4) is 6.07 Å². The summed E-state index contributed by atoms with van der Waals surface area (Å²) in [5.41, 5.74) is -1.53. The Morgan fingerprint density at radius 1 is 1.19 bits per heavy atom. The van der Waals surface area contributed by atoms with Crippen molar-refractivity contribution in [2.75, 3.05) is 0 Å². The molecule has 0 N–H and O–H groups in total. The van der Waals surface area contributed by atoms with Gasteiger partial charge in [0.05, 0.1) is 11.5 Å². The fraction of sp³-hybridized carbons (Fsp3) is 0.818. The van der Waals surface area contributed by atoms with Gasteiger partial charge in [-0.15, -0.1) is 0 Å². The molecule has 0 saturated heterocycles. The van der Waals surface area contributed by atoms with Crippen LogP contribution in [0.2, 0.25) is 0 Å². The van der Waals surface area contributed by atoms with Gasteiger partial charge in [-0.05, 0) is 62.7 Å². The van der Waals surface area contributed by atoms with Gasteiger partial charge in [-0.2, -0.15) is 5.26 Å². The summed E-state index contributed by atoms with van der Waals surface area (Å²) < 4.78 is 5.67. The number of Topliss-reactive ketones (excluding diaryl/α,β-unsaturated/α-hetero) is 1. The first kappa shape index (κ1) is 18.7. The van der Waals surface area contributed by atoms with Crippen LogP contribution in [0, 0.1) is 45.3 Å². The van der Waals surface area contributed by atoms with E-state index in [1.54, 1.807) is 0 Å². The first-order valence-corrected chi connectivity index (χ1v) is 10.4. The number of ether oxygens (including phenoxy) is 1. The van der Waals surface area contributed by atoms with Gasteiger partial charge in [-0.1, -0.05) is 6.92 Å². The van der Waals surface area contributed by atoms with Gasteiger partial charge in [0.1, 0.15) is 18.2 Å². The van der Waals surface area contributed by atoms with Gasteiger partial charge >= 0.3 is 5.97 Å². The summed E-state index contributed by atoms with van der Waals surface area (Å²) in [5, 5.41) is 10.0. The third kappa shape index (κ3) is 2.38. The van der Waals surface area contributed by atoms with Gasteiger partial charge in [-0.3, -0.25) is 9.59 Å². The molecule has 4 aliphatic rings. The van der Waals surface area contributed by atoms with E-state index < -0.39 is 10.8 Å². The van der Waals surface area contributed by atoms with Crippen molar-refractivity contribution in [3.63, 3.8) is 0 Å². The lowest BCUT2D eigenvalue weighted by Crippen LogP contribution is -2.60. The number of hydrogen-bond acceptors (Lipinski definition) is 5. The lowest BCUT2D eigenvalue weighted by Gasteiger charge is -2.61. The highest BCUT2D eigenvalue weighted by atomic mass is 16.5. The molecule has 4 rings (SSSR count). The Morgan fingerprint density at radius 2 is 1.96 bits per heavy atom. The molecule has 0 aliphatic heterocycles. The Kier molecular flexibility index (Phi) is 4.25. The molecular formula is C22H29NO4. The molecule has 5 nitrogen and oxygen atoms in total. The van der Waals surface area contributed by atoms with Gasteiger partial charge < -0.3 is 9.53 Å². The van der Waals surface area contributed by atoms with E-state index in [0.29, 0.717) is 31.1 Å². The first-order valence-electron chi connectivity index (χ1n) is 10.4. The van der Waals surface area contributed by atoms with Crippen molar-refractivity contribution >= 4 is 18.0 Å². The second-order valence-corrected chi connectivity index (χ2v) is 9.70. The van der Waals surface area contributed by atoms with Crippen LogP contribution in [0.3, 0.4) is 0 Å². The minimum atomic E-state index is -0.813. The number of hydrogen-bond donors (Lipinski definition) is 0. The molecule has 0 aromatic carbocycles. The van der Waals surface area contributed by atoms with E-state index in [9.17, 15) is 19.6 Å². The number of carbonyl (C=O) groups excluding carboxylic acids is 3. The van der Waals surface area contributed by atoms with E-state index in [0.717, 1.165) is 38.4 Å². The van der Waals surface area contributed by atoms with Crippen LogP contribution in [0.15, 0.2) is 0 Å². The molecule has 7 atom stereocenters. The highest BCUT2D eigenvalue weighted by Crippen LogP contribution is 2.69. The van der Waals surface area contributed by atoms with Crippen molar-refractivity contribution in [3.05, 3.63) is 0 Å².